The summed E-state index contributed by atoms with van der Waals surface area (Å²) in [7, 11) is 0. The number of halogens is 4. The van der Waals surface area contributed by atoms with Gasteiger partial charge in [-0.25, -0.2) is 4.39 Å². The van der Waals surface area contributed by atoms with Crippen LogP contribution < -0.4 is 0 Å². The molecule has 1 aliphatic rings. The third-order valence-electron chi connectivity index (χ3n) is 4.26. The summed E-state index contributed by atoms with van der Waals surface area (Å²) in [6.07, 6.45) is 0.0800. The topological polar surface area (TPSA) is 86.5 Å². The van der Waals surface area contributed by atoms with Crippen molar-refractivity contribution in [1.82, 2.24) is 14.9 Å². The molecule has 0 unspecified atom stereocenters. The van der Waals surface area contributed by atoms with E-state index < -0.39 is 23.7 Å². The van der Waals surface area contributed by atoms with Crippen molar-refractivity contribution in [3.8, 4) is 0 Å². The maximum atomic E-state index is 13.5. The standard InChI is InChI=1S/C17H17F4N3O.CH2O2/c18-14-4-11(3-13(6-14)17(19,20)21)8-24-9-12(16(25)10-24)5-15-7-22-1-2-23-15;2-1-3/h1-4,6-7,12,16,25H,5,8-10H2;1H,(H,2,3)/t12-,16-;/m1./s1. The number of carboxylic acid groups (broad SMARTS) is 1. The molecule has 1 aromatic carbocycles. The fourth-order valence-electron chi connectivity index (χ4n) is 3.14. The monoisotopic (exact) mass is 401 g/mol. The lowest BCUT2D eigenvalue weighted by molar-refractivity contribution is -0.137. The first-order chi connectivity index (χ1) is 13.2. The molecule has 2 N–H and O–H groups in total. The number of nitrogens with zero attached hydrogens (tertiary/aromatic N) is 3. The van der Waals surface area contributed by atoms with E-state index in [0.717, 1.165) is 17.8 Å². The summed E-state index contributed by atoms with van der Waals surface area (Å²) in [6.45, 7) is 0.716. The van der Waals surface area contributed by atoms with E-state index in [1.807, 2.05) is 4.90 Å². The summed E-state index contributed by atoms with van der Waals surface area (Å²) in [5.74, 6) is -1.01. The first kappa shape index (κ1) is 21.7. The molecule has 1 fully saturated rings. The Kier molecular flexibility index (Phi) is 7.41. The first-order valence-electron chi connectivity index (χ1n) is 8.32. The average molecular weight is 401 g/mol. The number of alkyl halides is 3. The zero-order valence-corrected chi connectivity index (χ0v) is 14.7. The molecule has 0 saturated carbocycles. The first-order valence-corrected chi connectivity index (χ1v) is 8.32. The number of rotatable bonds is 4. The number of benzene rings is 1. The van der Waals surface area contributed by atoms with E-state index in [-0.39, 0.29) is 24.5 Å². The molecule has 0 bridgehead atoms. The molecule has 1 aliphatic heterocycles. The van der Waals surface area contributed by atoms with E-state index in [1.54, 1.807) is 18.6 Å². The lowest BCUT2D eigenvalue weighted by atomic mass is 10.0. The van der Waals surface area contributed by atoms with Crippen LogP contribution in [0.3, 0.4) is 0 Å². The molecule has 2 atom stereocenters. The van der Waals surface area contributed by atoms with Gasteiger partial charge >= 0.3 is 6.18 Å². The van der Waals surface area contributed by atoms with E-state index in [2.05, 4.69) is 9.97 Å². The average Bonchev–Trinajstić information content (AvgIpc) is 2.94. The minimum absolute atomic E-state index is 0.0904. The highest BCUT2D eigenvalue weighted by Gasteiger charge is 2.33. The number of likely N-dealkylation sites (tertiary alicyclic amines) is 1. The molecule has 0 aliphatic carbocycles. The third-order valence-corrected chi connectivity index (χ3v) is 4.26. The normalized spacial score (nSPS) is 19.8. The van der Waals surface area contributed by atoms with Gasteiger partial charge in [-0.05, 0) is 30.2 Å². The fourth-order valence-corrected chi connectivity index (χ4v) is 3.14. The van der Waals surface area contributed by atoms with Crippen LogP contribution in [-0.4, -0.2) is 50.7 Å². The number of β-amino-alcohol motifs (C(OH)–C–C–N with tert-alkyl or cyclic N) is 1. The number of hydrogen-bond acceptors (Lipinski definition) is 5. The van der Waals surface area contributed by atoms with E-state index >= 15 is 0 Å². The second-order valence-corrected chi connectivity index (χ2v) is 6.37. The summed E-state index contributed by atoms with van der Waals surface area (Å²) in [5, 5.41) is 17.1. The molecule has 152 valence electrons. The van der Waals surface area contributed by atoms with Gasteiger partial charge in [-0.2, -0.15) is 13.2 Å². The number of aliphatic hydroxyl groups is 1. The second kappa shape index (κ2) is 9.56. The molecule has 2 aromatic rings. The molecule has 28 heavy (non-hydrogen) atoms. The fraction of sp³-hybridized carbons (Fsp3) is 0.389. The van der Waals surface area contributed by atoms with Crippen molar-refractivity contribution in [3.05, 3.63) is 59.4 Å². The van der Waals surface area contributed by atoms with Gasteiger partial charge < -0.3 is 10.2 Å². The van der Waals surface area contributed by atoms with Crippen molar-refractivity contribution in [1.29, 1.82) is 0 Å². The quantitative estimate of drug-likeness (QED) is 0.604. The Hall–Kier alpha value is -2.59. The maximum Gasteiger partial charge on any atom is 0.416 e. The number of aromatic nitrogens is 2. The van der Waals surface area contributed by atoms with Crippen LogP contribution in [0.25, 0.3) is 0 Å². The highest BCUT2D eigenvalue weighted by Crippen LogP contribution is 2.31. The summed E-state index contributed by atoms with van der Waals surface area (Å²) in [4.78, 5) is 18.3. The maximum absolute atomic E-state index is 13.5. The molecule has 0 amide bonds. The zero-order chi connectivity index (χ0) is 20.7. The van der Waals surface area contributed by atoms with Crippen LogP contribution in [0.15, 0.2) is 36.8 Å². The van der Waals surface area contributed by atoms with E-state index in [0.29, 0.717) is 25.6 Å². The Labute approximate surface area is 158 Å². The predicted molar refractivity (Wildman–Crippen MR) is 90.6 cm³/mol. The van der Waals surface area contributed by atoms with Gasteiger partial charge in [0.05, 0.1) is 17.4 Å². The Balaban J connectivity index is 0.000000878. The Bertz CT molecular complexity index is 774. The van der Waals surface area contributed by atoms with Crippen LogP contribution >= 0.6 is 0 Å². The number of hydrogen-bond donors (Lipinski definition) is 2. The minimum atomic E-state index is -4.59. The van der Waals surface area contributed by atoms with Crippen LogP contribution in [0.2, 0.25) is 0 Å². The predicted octanol–water partition coefficient (Wildman–Crippen LogP) is 2.37. The summed E-state index contributed by atoms with van der Waals surface area (Å²) < 4.78 is 51.9. The van der Waals surface area contributed by atoms with Crippen molar-refractivity contribution >= 4 is 6.47 Å². The molecule has 1 aromatic heterocycles. The minimum Gasteiger partial charge on any atom is -0.483 e. The van der Waals surface area contributed by atoms with E-state index in [1.165, 1.54) is 0 Å². The highest BCUT2D eigenvalue weighted by atomic mass is 19.4. The molecule has 3 rings (SSSR count). The lowest BCUT2D eigenvalue weighted by Crippen LogP contribution is -2.22. The third kappa shape index (κ3) is 6.24. The number of carbonyl (C=O) groups is 1. The summed E-state index contributed by atoms with van der Waals surface area (Å²) in [6, 6.07) is 2.53. The van der Waals surface area contributed by atoms with Gasteiger partial charge in [0.25, 0.3) is 6.47 Å². The van der Waals surface area contributed by atoms with Crippen LogP contribution in [-0.2, 0) is 23.9 Å². The molecule has 2 heterocycles. The van der Waals surface area contributed by atoms with Crippen molar-refractivity contribution in [2.75, 3.05) is 13.1 Å². The second-order valence-electron chi connectivity index (χ2n) is 6.37. The van der Waals surface area contributed by atoms with Crippen molar-refractivity contribution in [2.24, 2.45) is 5.92 Å². The van der Waals surface area contributed by atoms with E-state index in [4.69, 9.17) is 9.90 Å². The summed E-state index contributed by atoms with van der Waals surface area (Å²) >= 11 is 0. The van der Waals surface area contributed by atoms with Crippen molar-refractivity contribution < 1.29 is 32.6 Å². The Morgan fingerprint density at radius 3 is 2.54 bits per heavy atom. The Morgan fingerprint density at radius 2 is 1.93 bits per heavy atom. The van der Waals surface area contributed by atoms with Gasteiger partial charge in [-0.3, -0.25) is 19.7 Å². The van der Waals surface area contributed by atoms with E-state index in [9.17, 15) is 22.7 Å². The Morgan fingerprint density at radius 1 is 1.21 bits per heavy atom. The van der Waals surface area contributed by atoms with Gasteiger partial charge in [0.1, 0.15) is 5.82 Å². The van der Waals surface area contributed by atoms with Gasteiger partial charge in [0.2, 0.25) is 0 Å². The highest BCUT2D eigenvalue weighted by molar-refractivity contribution is 5.32. The van der Waals surface area contributed by atoms with Crippen LogP contribution in [0.4, 0.5) is 17.6 Å². The summed E-state index contributed by atoms with van der Waals surface area (Å²) in [5.41, 5.74) is -0.0171. The van der Waals surface area contributed by atoms with Crippen molar-refractivity contribution in [2.45, 2.75) is 25.2 Å². The van der Waals surface area contributed by atoms with Crippen LogP contribution in [0.5, 0.6) is 0 Å². The molecular formula is C18H19F4N3O3. The molecule has 0 spiro atoms. The van der Waals surface area contributed by atoms with Gasteiger partial charge in [0, 0.05) is 44.1 Å². The SMILES string of the molecule is O=CO.O[C@@H]1CN(Cc2cc(F)cc(C(F)(F)F)c2)C[C@H]1Cc1cnccn1. The molecular weight excluding hydrogens is 382 g/mol. The molecule has 10 heteroatoms. The largest absolute Gasteiger partial charge is 0.483 e. The number of aliphatic hydroxyl groups excluding tert-OH is 1. The van der Waals surface area contributed by atoms with Crippen LogP contribution in [0.1, 0.15) is 16.8 Å². The van der Waals surface area contributed by atoms with Crippen molar-refractivity contribution in [3.63, 3.8) is 0 Å². The lowest BCUT2D eigenvalue weighted by Gasteiger charge is -2.17. The smallest absolute Gasteiger partial charge is 0.416 e. The van der Waals surface area contributed by atoms with Gasteiger partial charge in [0.15, 0.2) is 0 Å². The van der Waals surface area contributed by atoms with Crippen LogP contribution in [0, 0.1) is 11.7 Å². The molecule has 0 radical (unpaired) electrons. The molecule has 1 saturated heterocycles. The van der Waals surface area contributed by atoms with Gasteiger partial charge in [-0.15, -0.1) is 0 Å². The zero-order valence-electron chi connectivity index (χ0n) is 14.7. The van der Waals surface area contributed by atoms with Gasteiger partial charge in [-0.1, -0.05) is 0 Å². The molecule has 6 nitrogen and oxygen atoms in total.